The zero-order valence-electron chi connectivity index (χ0n) is 20.1. The van der Waals surface area contributed by atoms with Gasteiger partial charge in [-0.2, -0.15) is 0 Å². The summed E-state index contributed by atoms with van der Waals surface area (Å²) >= 11 is 0. The van der Waals surface area contributed by atoms with Crippen molar-refractivity contribution in [2.24, 2.45) is 7.05 Å². The summed E-state index contributed by atoms with van der Waals surface area (Å²) in [5.41, 5.74) is 4.56. The monoisotopic (exact) mass is 359 g/mol. The minimum absolute atomic E-state index is 0.0427. The van der Waals surface area contributed by atoms with Gasteiger partial charge in [0.1, 0.15) is 19.6 Å². The Morgan fingerprint density at radius 2 is 1.96 bits per heavy atom. The van der Waals surface area contributed by atoms with E-state index < -0.39 is 5.89 Å². The van der Waals surface area contributed by atoms with Crippen LogP contribution in [0.4, 0.5) is 5.69 Å². The number of nitrogens with zero attached hydrogens (tertiary/aromatic N) is 2. The number of benzene rings is 2. The lowest BCUT2D eigenvalue weighted by Crippen LogP contribution is -2.31. The molecule has 2 heterocycles. The average Bonchev–Trinajstić information content (AvgIpc) is 3.04. The Kier molecular flexibility index (Phi) is 3.03. The van der Waals surface area contributed by atoms with Gasteiger partial charge in [0.2, 0.25) is 11.4 Å². The zero-order valence-corrected chi connectivity index (χ0v) is 16.1. The predicted octanol–water partition coefficient (Wildman–Crippen LogP) is 6.37. The first-order valence-corrected chi connectivity index (χ1v) is 8.82. The summed E-state index contributed by atoms with van der Waals surface area (Å²) < 4.78 is 42.0. The highest BCUT2D eigenvalue weighted by molar-refractivity contribution is 6.13. The van der Waals surface area contributed by atoms with E-state index in [4.69, 9.17) is 16.5 Å². The van der Waals surface area contributed by atoms with Gasteiger partial charge in [0, 0.05) is 24.2 Å². The third kappa shape index (κ3) is 2.69. The molecule has 27 heavy (non-hydrogen) atoms. The van der Waals surface area contributed by atoms with Crippen LogP contribution < -0.4 is 4.57 Å². The Bertz CT molecular complexity index is 1440. The third-order valence-corrected chi connectivity index (χ3v) is 4.86. The summed E-state index contributed by atoms with van der Waals surface area (Å²) in [6, 6.07) is 7.59. The largest absolute Gasteiger partial charge is 0.466 e. The van der Waals surface area contributed by atoms with Crippen molar-refractivity contribution in [2.45, 2.75) is 33.6 Å². The summed E-state index contributed by atoms with van der Waals surface area (Å²) in [5.74, 6) is -1.21. The van der Waals surface area contributed by atoms with Crippen molar-refractivity contribution in [3.05, 3.63) is 70.6 Å². The van der Waals surface area contributed by atoms with Crippen LogP contribution in [0.5, 0.6) is 0 Å². The molecule has 0 N–H and O–H groups in total. The summed E-state index contributed by atoms with van der Waals surface area (Å²) in [7, 11) is 1.66. The lowest BCUT2D eigenvalue weighted by molar-refractivity contribution is -0.660. The Morgan fingerprint density at radius 3 is 2.67 bits per heavy atom. The molecular weight excluding hydrogens is 332 g/mol. The molecule has 134 valence electrons. The molecule has 2 aromatic heterocycles. The zero-order chi connectivity index (χ0) is 22.8. The normalized spacial score (nSPS) is 13.9. The van der Waals surface area contributed by atoms with Crippen LogP contribution in [0.25, 0.3) is 38.0 Å². The van der Waals surface area contributed by atoms with Crippen molar-refractivity contribution < 1.29 is 14.5 Å². The number of hydrogen-bond donors (Lipinski definition) is 0. The van der Waals surface area contributed by atoms with Gasteiger partial charge in [0.15, 0.2) is 6.17 Å². The summed E-state index contributed by atoms with van der Waals surface area (Å²) in [6.45, 7) is 14.6. The average molecular weight is 359 g/mol. The Hall–Kier alpha value is -3.12. The standard InChI is InChI=1S/C24H23N2O/c1-14(2)17-9-10-26(6)21(13-17)22-16(4)7-8-18-19-11-15(3)12-20(25-5)23(19)27-24(18)22/h7-14H,1-4,6H3/q+1/i9D,10D,13D,14D. The molecule has 0 aliphatic rings. The van der Waals surface area contributed by atoms with Crippen LogP contribution >= 0.6 is 0 Å². The van der Waals surface area contributed by atoms with Crippen LogP contribution in [0, 0.1) is 20.4 Å². The number of hydrogen-bond acceptors (Lipinski definition) is 1. The minimum atomic E-state index is -1.21. The molecule has 0 radical (unpaired) electrons. The smallest absolute Gasteiger partial charge is 0.229 e. The van der Waals surface area contributed by atoms with Gasteiger partial charge in [-0.3, -0.25) is 0 Å². The number of aromatic nitrogens is 1. The van der Waals surface area contributed by atoms with E-state index >= 15 is 0 Å². The van der Waals surface area contributed by atoms with Gasteiger partial charge in [-0.25, -0.2) is 9.41 Å². The number of rotatable bonds is 2. The quantitative estimate of drug-likeness (QED) is 0.301. The number of pyridine rings is 1. The van der Waals surface area contributed by atoms with E-state index in [1.54, 1.807) is 27.0 Å². The highest BCUT2D eigenvalue weighted by atomic mass is 16.3. The van der Waals surface area contributed by atoms with Crippen molar-refractivity contribution in [1.29, 1.82) is 0 Å². The molecule has 4 rings (SSSR count). The Labute approximate surface area is 165 Å². The molecule has 0 atom stereocenters. The van der Waals surface area contributed by atoms with E-state index in [1.807, 2.05) is 32.0 Å². The van der Waals surface area contributed by atoms with E-state index in [1.165, 1.54) is 4.57 Å². The topological polar surface area (TPSA) is 21.4 Å². The molecule has 0 aliphatic carbocycles. The molecule has 0 bridgehead atoms. The van der Waals surface area contributed by atoms with Gasteiger partial charge in [0.05, 0.1) is 14.9 Å². The molecule has 0 aliphatic heterocycles. The maximum Gasteiger partial charge on any atom is 0.229 e. The molecule has 0 saturated carbocycles. The van der Waals surface area contributed by atoms with E-state index in [-0.39, 0.29) is 23.8 Å². The van der Waals surface area contributed by atoms with E-state index in [0.29, 0.717) is 28.1 Å². The summed E-state index contributed by atoms with van der Waals surface area (Å²) in [6.07, 6.45) is -0.0634. The van der Waals surface area contributed by atoms with Crippen LogP contribution in [-0.4, -0.2) is 0 Å². The molecule has 3 nitrogen and oxygen atoms in total. The SMILES string of the molecule is [2H]c1c(C([2H])(C)C)c([2H])c(-c2c(C)ccc3c2oc2c([N+]#[C-])cc(C)cc23)[n+](C)c1[2H]. The fraction of sp³-hybridized carbons (Fsp3) is 0.250. The van der Waals surface area contributed by atoms with Crippen molar-refractivity contribution in [3.8, 4) is 11.3 Å². The van der Waals surface area contributed by atoms with Crippen LogP contribution in [-0.2, 0) is 7.05 Å². The van der Waals surface area contributed by atoms with Crippen LogP contribution in [0.3, 0.4) is 0 Å². The van der Waals surface area contributed by atoms with Crippen LogP contribution in [0.2, 0.25) is 0 Å². The first-order chi connectivity index (χ1) is 14.5. The molecule has 0 fully saturated rings. The van der Waals surface area contributed by atoms with Crippen molar-refractivity contribution in [2.75, 3.05) is 0 Å². The fourth-order valence-electron chi connectivity index (χ4n) is 3.45. The summed E-state index contributed by atoms with van der Waals surface area (Å²) in [4.78, 5) is 3.62. The highest BCUT2D eigenvalue weighted by Crippen LogP contribution is 2.41. The van der Waals surface area contributed by atoms with Crippen molar-refractivity contribution >= 4 is 27.6 Å². The number of furan rings is 1. The van der Waals surface area contributed by atoms with Gasteiger partial charge in [-0.15, -0.1) is 0 Å². The molecule has 0 unspecified atom stereocenters. The van der Waals surface area contributed by atoms with Gasteiger partial charge in [-0.1, -0.05) is 37.6 Å². The molecule has 4 aromatic rings. The fourth-order valence-corrected chi connectivity index (χ4v) is 3.45. The summed E-state index contributed by atoms with van der Waals surface area (Å²) in [5, 5.41) is 1.66. The lowest BCUT2D eigenvalue weighted by Gasteiger charge is -2.09. The van der Waals surface area contributed by atoms with Crippen LogP contribution in [0.15, 0.2) is 46.9 Å². The predicted molar refractivity (Wildman–Crippen MR) is 110 cm³/mol. The molecule has 0 spiro atoms. The first kappa shape index (κ1) is 13.1. The Balaban J connectivity index is 2.23. The van der Waals surface area contributed by atoms with Gasteiger partial charge in [0.25, 0.3) is 0 Å². The van der Waals surface area contributed by atoms with E-state index in [2.05, 4.69) is 4.85 Å². The van der Waals surface area contributed by atoms with Crippen molar-refractivity contribution in [3.63, 3.8) is 0 Å². The second-order valence-electron chi connectivity index (χ2n) is 7.15. The number of fused-ring (bicyclic) bond motifs is 3. The van der Waals surface area contributed by atoms with Gasteiger partial charge >= 0.3 is 0 Å². The second-order valence-corrected chi connectivity index (χ2v) is 7.15. The van der Waals surface area contributed by atoms with E-state index in [0.717, 1.165) is 21.9 Å². The first-order valence-electron chi connectivity index (χ1n) is 10.8. The maximum absolute atomic E-state index is 8.90. The highest BCUT2D eigenvalue weighted by Gasteiger charge is 2.22. The maximum atomic E-state index is 8.90. The van der Waals surface area contributed by atoms with Crippen molar-refractivity contribution in [1.82, 2.24) is 0 Å². The number of aryl methyl sites for hydroxylation is 2. The molecule has 2 aromatic carbocycles. The minimum Gasteiger partial charge on any atom is -0.466 e. The van der Waals surface area contributed by atoms with Gasteiger partial charge < -0.3 is 4.42 Å². The molecule has 3 heteroatoms. The lowest BCUT2D eigenvalue weighted by atomic mass is 9.97. The second kappa shape index (κ2) is 6.25. The molecule has 0 amide bonds. The Morgan fingerprint density at radius 1 is 1.19 bits per heavy atom. The molecule has 0 saturated heterocycles. The van der Waals surface area contributed by atoms with E-state index in [9.17, 15) is 0 Å². The van der Waals surface area contributed by atoms with Gasteiger partial charge in [-0.05, 0) is 36.9 Å². The van der Waals surface area contributed by atoms with Crippen LogP contribution in [0.1, 0.15) is 41.9 Å². The molecular formula is C24H23N2O+. The third-order valence-electron chi connectivity index (χ3n) is 4.86.